The van der Waals surface area contributed by atoms with Crippen LogP contribution in [0.25, 0.3) is 6.08 Å². The lowest BCUT2D eigenvalue weighted by molar-refractivity contribution is -0.111. The number of nitrogens with one attached hydrogen (secondary N) is 1. The van der Waals surface area contributed by atoms with Gasteiger partial charge in [-0.05, 0) is 29.3 Å². The Hall–Kier alpha value is -2.79. The van der Waals surface area contributed by atoms with Crippen LogP contribution >= 0.6 is 11.3 Å². The lowest BCUT2D eigenvalue weighted by Crippen LogP contribution is -2.06. The minimum absolute atomic E-state index is 0.221. The number of carbonyl (C=O) groups is 1. The molecule has 1 aromatic heterocycles. The molecule has 3 aromatic rings. The van der Waals surface area contributed by atoms with Crippen LogP contribution in [-0.4, -0.2) is 10.9 Å². The van der Waals surface area contributed by atoms with Gasteiger partial charge in [-0.2, -0.15) is 0 Å². The smallest absolute Gasteiger partial charge is 0.250 e. The highest BCUT2D eigenvalue weighted by molar-refractivity contribution is 7.15. The zero-order valence-electron chi connectivity index (χ0n) is 12.8. The first kappa shape index (κ1) is 16.1. The Bertz CT molecular complexity index is 841. The summed E-state index contributed by atoms with van der Waals surface area (Å²) in [5, 5.41) is 3.30. The SMILES string of the molecule is O=C(/C=C/c1ccccc1)Nc1ncc(Cc2ccc(F)cc2)s1. The van der Waals surface area contributed by atoms with E-state index < -0.39 is 0 Å². The molecule has 0 aliphatic rings. The van der Waals surface area contributed by atoms with Gasteiger partial charge in [-0.3, -0.25) is 10.1 Å². The van der Waals surface area contributed by atoms with E-state index in [4.69, 9.17) is 0 Å². The van der Waals surface area contributed by atoms with Crippen molar-refractivity contribution in [3.8, 4) is 0 Å². The van der Waals surface area contributed by atoms with E-state index in [1.54, 1.807) is 24.4 Å². The van der Waals surface area contributed by atoms with Crippen LogP contribution in [-0.2, 0) is 11.2 Å². The molecule has 0 radical (unpaired) electrons. The van der Waals surface area contributed by atoms with Crippen molar-refractivity contribution in [2.45, 2.75) is 6.42 Å². The van der Waals surface area contributed by atoms with E-state index in [1.807, 2.05) is 30.3 Å². The first-order valence-corrected chi connectivity index (χ1v) is 8.24. The van der Waals surface area contributed by atoms with Crippen molar-refractivity contribution in [1.29, 1.82) is 0 Å². The number of anilines is 1. The van der Waals surface area contributed by atoms with Gasteiger partial charge in [-0.15, -0.1) is 11.3 Å². The van der Waals surface area contributed by atoms with Gasteiger partial charge in [0.25, 0.3) is 0 Å². The molecule has 0 saturated carbocycles. The van der Waals surface area contributed by atoms with Crippen LogP contribution in [0.5, 0.6) is 0 Å². The van der Waals surface area contributed by atoms with E-state index in [1.165, 1.54) is 29.5 Å². The van der Waals surface area contributed by atoms with Crippen LogP contribution in [0.3, 0.4) is 0 Å². The summed E-state index contributed by atoms with van der Waals surface area (Å²) in [5.74, 6) is -0.470. The van der Waals surface area contributed by atoms with Gasteiger partial charge in [-0.1, -0.05) is 42.5 Å². The molecule has 1 heterocycles. The molecule has 0 unspecified atom stereocenters. The summed E-state index contributed by atoms with van der Waals surface area (Å²) < 4.78 is 12.9. The topological polar surface area (TPSA) is 42.0 Å². The molecule has 0 bridgehead atoms. The lowest BCUT2D eigenvalue weighted by Gasteiger charge is -1.98. The zero-order valence-corrected chi connectivity index (χ0v) is 13.6. The van der Waals surface area contributed by atoms with E-state index in [2.05, 4.69) is 10.3 Å². The predicted octanol–water partition coefficient (Wildman–Crippen LogP) is 4.52. The molecule has 1 amide bonds. The first-order valence-electron chi connectivity index (χ1n) is 7.42. The summed E-state index contributed by atoms with van der Waals surface area (Å²) >= 11 is 1.41. The van der Waals surface area contributed by atoms with Crippen molar-refractivity contribution < 1.29 is 9.18 Å². The largest absolute Gasteiger partial charge is 0.298 e. The van der Waals surface area contributed by atoms with Crippen LogP contribution in [0.4, 0.5) is 9.52 Å². The van der Waals surface area contributed by atoms with Gasteiger partial charge in [0.15, 0.2) is 5.13 Å². The number of rotatable bonds is 5. The highest BCUT2D eigenvalue weighted by atomic mass is 32.1. The zero-order chi connectivity index (χ0) is 16.8. The molecule has 2 aromatic carbocycles. The van der Waals surface area contributed by atoms with E-state index in [0.29, 0.717) is 11.6 Å². The molecule has 3 rings (SSSR count). The third kappa shape index (κ3) is 4.60. The standard InChI is InChI=1S/C19H15FN2OS/c20-16-9-6-15(7-10-16)12-17-13-21-19(24-17)22-18(23)11-8-14-4-2-1-3-5-14/h1-11,13H,12H2,(H,21,22,23)/b11-8+. The number of halogens is 1. The third-order valence-corrected chi connectivity index (χ3v) is 4.21. The van der Waals surface area contributed by atoms with Gasteiger partial charge >= 0.3 is 0 Å². The summed E-state index contributed by atoms with van der Waals surface area (Å²) in [7, 11) is 0. The second-order valence-electron chi connectivity index (χ2n) is 5.17. The van der Waals surface area contributed by atoms with Crippen molar-refractivity contribution in [3.63, 3.8) is 0 Å². The maximum Gasteiger partial charge on any atom is 0.250 e. The van der Waals surface area contributed by atoms with E-state index in [0.717, 1.165) is 16.0 Å². The molecule has 24 heavy (non-hydrogen) atoms. The highest BCUT2D eigenvalue weighted by Crippen LogP contribution is 2.21. The summed E-state index contributed by atoms with van der Waals surface area (Å²) in [6.45, 7) is 0. The average molecular weight is 338 g/mol. The number of hydrogen-bond acceptors (Lipinski definition) is 3. The molecule has 0 aliphatic heterocycles. The minimum atomic E-state index is -0.249. The average Bonchev–Trinajstić information content (AvgIpc) is 3.03. The van der Waals surface area contributed by atoms with Gasteiger partial charge < -0.3 is 0 Å². The molecular weight excluding hydrogens is 323 g/mol. The van der Waals surface area contributed by atoms with Gasteiger partial charge in [-0.25, -0.2) is 9.37 Å². The number of aromatic nitrogens is 1. The fourth-order valence-corrected chi connectivity index (χ4v) is 2.98. The van der Waals surface area contributed by atoms with Crippen LogP contribution in [0.2, 0.25) is 0 Å². The van der Waals surface area contributed by atoms with Crippen molar-refractivity contribution in [1.82, 2.24) is 4.98 Å². The number of thiazole rings is 1. The van der Waals surface area contributed by atoms with E-state index in [-0.39, 0.29) is 11.7 Å². The lowest BCUT2D eigenvalue weighted by atomic mass is 10.1. The molecule has 1 N–H and O–H groups in total. The second kappa shape index (κ2) is 7.66. The van der Waals surface area contributed by atoms with Gasteiger partial charge in [0.2, 0.25) is 5.91 Å². The summed E-state index contributed by atoms with van der Waals surface area (Å²) in [5.41, 5.74) is 1.96. The molecule has 0 saturated heterocycles. The van der Waals surface area contributed by atoms with E-state index >= 15 is 0 Å². The summed E-state index contributed by atoms with van der Waals surface area (Å²) in [6.07, 6.45) is 5.62. The highest BCUT2D eigenvalue weighted by Gasteiger charge is 2.05. The van der Waals surface area contributed by atoms with Gasteiger partial charge in [0.1, 0.15) is 5.82 Å². The van der Waals surface area contributed by atoms with Crippen LogP contribution < -0.4 is 5.32 Å². The van der Waals surface area contributed by atoms with Crippen molar-refractivity contribution >= 4 is 28.5 Å². The Morgan fingerprint density at radius 3 is 2.62 bits per heavy atom. The summed E-state index contributed by atoms with van der Waals surface area (Å²) in [4.78, 5) is 17.1. The molecule has 120 valence electrons. The van der Waals surface area contributed by atoms with E-state index in [9.17, 15) is 9.18 Å². The van der Waals surface area contributed by atoms with Gasteiger partial charge in [0.05, 0.1) is 0 Å². The Morgan fingerprint density at radius 2 is 1.88 bits per heavy atom. The molecule has 0 spiro atoms. The Balaban J connectivity index is 1.58. The monoisotopic (exact) mass is 338 g/mol. The Morgan fingerprint density at radius 1 is 1.12 bits per heavy atom. The second-order valence-corrected chi connectivity index (χ2v) is 6.28. The van der Waals surface area contributed by atoms with Crippen molar-refractivity contribution in [2.75, 3.05) is 5.32 Å². The fraction of sp³-hybridized carbons (Fsp3) is 0.0526. The number of amides is 1. The molecular formula is C19H15FN2OS. The molecule has 3 nitrogen and oxygen atoms in total. The molecule has 0 atom stereocenters. The fourth-order valence-electron chi connectivity index (χ4n) is 2.13. The number of benzene rings is 2. The normalized spacial score (nSPS) is 10.9. The van der Waals surface area contributed by atoms with Crippen molar-refractivity contribution in [2.24, 2.45) is 0 Å². The number of carbonyl (C=O) groups excluding carboxylic acids is 1. The number of nitrogens with zero attached hydrogens (tertiary/aromatic N) is 1. The molecule has 5 heteroatoms. The summed E-state index contributed by atoms with van der Waals surface area (Å²) in [6, 6.07) is 16.0. The maximum atomic E-state index is 12.9. The van der Waals surface area contributed by atoms with Crippen LogP contribution in [0.1, 0.15) is 16.0 Å². The van der Waals surface area contributed by atoms with Crippen molar-refractivity contribution in [3.05, 3.63) is 88.7 Å². The van der Waals surface area contributed by atoms with Gasteiger partial charge in [0, 0.05) is 23.6 Å². The molecule has 0 fully saturated rings. The van der Waals surface area contributed by atoms with Crippen LogP contribution in [0.15, 0.2) is 66.9 Å². The quantitative estimate of drug-likeness (QED) is 0.695. The maximum absolute atomic E-state index is 12.9. The molecule has 0 aliphatic carbocycles. The predicted molar refractivity (Wildman–Crippen MR) is 95.4 cm³/mol. The first-order chi connectivity index (χ1) is 11.7. The third-order valence-electron chi connectivity index (χ3n) is 3.30. The Labute approximate surface area is 143 Å². The minimum Gasteiger partial charge on any atom is -0.298 e. The Kier molecular flexibility index (Phi) is 5.13. The number of hydrogen-bond donors (Lipinski definition) is 1. The van der Waals surface area contributed by atoms with Crippen LogP contribution in [0, 0.1) is 5.82 Å².